The Hall–Kier alpha value is -2.11. The molecule has 0 bridgehead atoms. The van der Waals surface area contributed by atoms with Crippen molar-refractivity contribution in [2.45, 2.75) is 32.7 Å². The second kappa shape index (κ2) is 6.17. The number of nitro benzene ring substituents is 1. The van der Waals surface area contributed by atoms with E-state index in [4.69, 9.17) is 5.73 Å². The van der Waals surface area contributed by atoms with E-state index in [1.807, 2.05) is 13.8 Å². The van der Waals surface area contributed by atoms with Crippen LogP contribution in [0.5, 0.6) is 0 Å². The van der Waals surface area contributed by atoms with Gasteiger partial charge in [0.25, 0.3) is 11.6 Å². The molecular formula is C13H19N3O3. The fourth-order valence-electron chi connectivity index (χ4n) is 2.04. The molecule has 1 amide bonds. The topological polar surface area (TPSA) is 89.5 Å². The van der Waals surface area contributed by atoms with Crippen molar-refractivity contribution >= 4 is 17.3 Å². The van der Waals surface area contributed by atoms with Crippen LogP contribution in [0.4, 0.5) is 11.4 Å². The molecule has 0 heterocycles. The van der Waals surface area contributed by atoms with Crippen LogP contribution in [0.15, 0.2) is 18.2 Å². The summed E-state index contributed by atoms with van der Waals surface area (Å²) in [7, 11) is 1.71. The molecule has 2 N–H and O–H groups in total. The molecule has 0 aliphatic carbocycles. The maximum Gasteiger partial charge on any atom is 0.292 e. The minimum Gasteiger partial charge on any atom is -0.393 e. The lowest BCUT2D eigenvalue weighted by molar-refractivity contribution is -0.383. The lowest BCUT2D eigenvalue weighted by atomic mass is 10.1. The first-order valence-electron chi connectivity index (χ1n) is 6.23. The fourth-order valence-corrected chi connectivity index (χ4v) is 2.04. The van der Waals surface area contributed by atoms with E-state index < -0.39 is 4.92 Å². The summed E-state index contributed by atoms with van der Waals surface area (Å²) in [5.41, 5.74) is 5.63. The molecule has 0 saturated heterocycles. The first-order valence-corrected chi connectivity index (χ1v) is 6.23. The molecule has 0 saturated carbocycles. The van der Waals surface area contributed by atoms with Crippen LogP contribution in [0.2, 0.25) is 0 Å². The molecule has 1 aromatic carbocycles. The quantitative estimate of drug-likeness (QED) is 0.503. The lowest BCUT2D eigenvalue weighted by Crippen LogP contribution is -2.36. The van der Waals surface area contributed by atoms with Gasteiger partial charge in [-0.3, -0.25) is 14.9 Å². The first-order chi connectivity index (χ1) is 8.92. The average Bonchev–Trinajstić information content (AvgIpc) is 2.39. The van der Waals surface area contributed by atoms with Crippen LogP contribution >= 0.6 is 0 Å². The molecule has 19 heavy (non-hydrogen) atoms. The number of carbonyl (C=O) groups excluding carboxylic acids is 1. The van der Waals surface area contributed by atoms with Crippen molar-refractivity contribution < 1.29 is 9.72 Å². The number of nitrogen functional groups attached to an aromatic ring is 1. The number of carbonyl (C=O) groups is 1. The summed E-state index contributed by atoms with van der Waals surface area (Å²) in [6.07, 6.45) is 1.69. The summed E-state index contributed by atoms with van der Waals surface area (Å²) in [6.45, 7) is 4.01. The molecule has 6 nitrogen and oxygen atoms in total. The first kappa shape index (κ1) is 14.9. The van der Waals surface area contributed by atoms with E-state index in [0.29, 0.717) is 0 Å². The number of hydrogen-bond donors (Lipinski definition) is 1. The van der Waals surface area contributed by atoms with Gasteiger partial charge in [0, 0.05) is 24.7 Å². The third-order valence-electron chi connectivity index (χ3n) is 3.28. The fraction of sp³-hybridized carbons (Fsp3) is 0.462. The molecular weight excluding hydrogens is 246 g/mol. The number of nitrogens with two attached hydrogens (primary N) is 1. The molecule has 0 unspecified atom stereocenters. The molecule has 0 spiro atoms. The molecule has 0 radical (unpaired) electrons. The summed E-state index contributed by atoms with van der Waals surface area (Å²) in [5.74, 6) is -0.225. The van der Waals surface area contributed by atoms with Gasteiger partial charge in [0.1, 0.15) is 5.69 Å². The van der Waals surface area contributed by atoms with Gasteiger partial charge in [-0.1, -0.05) is 13.8 Å². The van der Waals surface area contributed by atoms with Crippen LogP contribution in [0.3, 0.4) is 0 Å². The molecule has 0 atom stereocenters. The minimum atomic E-state index is -0.580. The molecule has 1 rings (SSSR count). The van der Waals surface area contributed by atoms with Gasteiger partial charge in [0.2, 0.25) is 0 Å². The van der Waals surface area contributed by atoms with Crippen molar-refractivity contribution in [3.05, 3.63) is 33.9 Å². The van der Waals surface area contributed by atoms with E-state index >= 15 is 0 Å². The van der Waals surface area contributed by atoms with Gasteiger partial charge in [0.15, 0.2) is 0 Å². The summed E-state index contributed by atoms with van der Waals surface area (Å²) in [6, 6.07) is 4.27. The van der Waals surface area contributed by atoms with Crippen LogP contribution in [-0.4, -0.2) is 28.8 Å². The molecule has 0 aliphatic heterocycles. The second-order valence-corrected chi connectivity index (χ2v) is 4.42. The maximum atomic E-state index is 12.3. The highest BCUT2D eigenvalue weighted by molar-refractivity contribution is 5.95. The standard InChI is InChI=1S/C13H19N3O3/c1-4-10(5-2)15(3)13(17)9-6-7-11(14)12(8-9)16(18)19/h6-8,10H,4-5,14H2,1-3H3. The van der Waals surface area contributed by atoms with Crippen molar-refractivity contribution in [3.8, 4) is 0 Å². The summed E-state index contributed by atoms with van der Waals surface area (Å²) in [4.78, 5) is 24.1. The lowest BCUT2D eigenvalue weighted by Gasteiger charge is -2.26. The van der Waals surface area contributed by atoms with E-state index in [1.165, 1.54) is 18.2 Å². The second-order valence-electron chi connectivity index (χ2n) is 4.42. The molecule has 1 aromatic rings. The Kier molecular flexibility index (Phi) is 4.86. The van der Waals surface area contributed by atoms with Gasteiger partial charge in [-0.2, -0.15) is 0 Å². The Morgan fingerprint density at radius 3 is 2.47 bits per heavy atom. The number of anilines is 1. The molecule has 0 aliphatic rings. The van der Waals surface area contributed by atoms with Crippen molar-refractivity contribution in [1.82, 2.24) is 4.90 Å². The van der Waals surface area contributed by atoms with E-state index in [9.17, 15) is 14.9 Å². The van der Waals surface area contributed by atoms with Crippen molar-refractivity contribution in [2.24, 2.45) is 0 Å². The summed E-state index contributed by atoms with van der Waals surface area (Å²) < 4.78 is 0. The Morgan fingerprint density at radius 2 is 2.00 bits per heavy atom. The number of nitrogens with zero attached hydrogens (tertiary/aromatic N) is 2. The van der Waals surface area contributed by atoms with E-state index in [2.05, 4.69) is 0 Å². The van der Waals surface area contributed by atoms with Crippen LogP contribution in [0, 0.1) is 10.1 Å². The summed E-state index contributed by atoms with van der Waals surface area (Å²) >= 11 is 0. The van der Waals surface area contributed by atoms with Gasteiger partial charge >= 0.3 is 0 Å². The average molecular weight is 265 g/mol. The highest BCUT2D eigenvalue weighted by atomic mass is 16.6. The predicted octanol–water partition coefficient (Wildman–Crippen LogP) is 2.44. The third-order valence-corrected chi connectivity index (χ3v) is 3.28. The Bertz CT molecular complexity index is 484. The van der Waals surface area contributed by atoms with Crippen LogP contribution in [0.25, 0.3) is 0 Å². The van der Waals surface area contributed by atoms with Gasteiger partial charge in [0.05, 0.1) is 4.92 Å². The Labute approximate surface area is 112 Å². The van der Waals surface area contributed by atoms with Crippen molar-refractivity contribution in [1.29, 1.82) is 0 Å². The Balaban J connectivity index is 3.06. The van der Waals surface area contributed by atoms with Gasteiger partial charge in [-0.25, -0.2) is 0 Å². The maximum absolute atomic E-state index is 12.3. The SMILES string of the molecule is CCC(CC)N(C)C(=O)c1ccc(N)c([N+](=O)[O-])c1. The zero-order valence-electron chi connectivity index (χ0n) is 11.4. The predicted molar refractivity (Wildman–Crippen MR) is 74.0 cm³/mol. The highest BCUT2D eigenvalue weighted by Crippen LogP contribution is 2.23. The third kappa shape index (κ3) is 3.21. The number of benzene rings is 1. The van der Waals surface area contributed by atoms with Gasteiger partial charge < -0.3 is 10.6 Å². The van der Waals surface area contributed by atoms with E-state index in [1.54, 1.807) is 11.9 Å². The minimum absolute atomic E-state index is 0.0618. The summed E-state index contributed by atoms with van der Waals surface area (Å²) in [5, 5.41) is 10.8. The molecule has 6 heteroatoms. The largest absolute Gasteiger partial charge is 0.393 e. The monoisotopic (exact) mass is 265 g/mol. The molecule has 0 aromatic heterocycles. The normalized spacial score (nSPS) is 10.5. The number of hydrogen-bond acceptors (Lipinski definition) is 4. The van der Waals surface area contributed by atoms with Gasteiger partial charge in [-0.05, 0) is 25.0 Å². The molecule has 104 valence electrons. The van der Waals surface area contributed by atoms with Crippen molar-refractivity contribution in [3.63, 3.8) is 0 Å². The van der Waals surface area contributed by atoms with Crippen molar-refractivity contribution in [2.75, 3.05) is 12.8 Å². The highest BCUT2D eigenvalue weighted by Gasteiger charge is 2.21. The zero-order chi connectivity index (χ0) is 14.6. The zero-order valence-corrected chi connectivity index (χ0v) is 11.4. The van der Waals surface area contributed by atoms with E-state index in [0.717, 1.165) is 12.8 Å². The Morgan fingerprint density at radius 1 is 1.42 bits per heavy atom. The van der Waals surface area contributed by atoms with Crippen LogP contribution < -0.4 is 5.73 Å². The van der Waals surface area contributed by atoms with Gasteiger partial charge in [-0.15, -0.1) is 0 Å². The number of amides is 1. The number of nitro groups is 1. The van der Waals surface area contributed by atoms with Crippen LogP contribution in [0.1, 0.15) is 37.0 Å². The number of rotatable bonds is 5. The van der Waals surface area contributed by atoms with E-state index in [-0.39, 0.29) is 28.9 Å². The molecule has 0 fully saturated rings. The van der Waals surface area contributed by atoms with Crippen LogP contribution in [-0.2, 0) is 0 Å². The smallest absolute Gasteiger partial charge is 0.292 e.